The lowest BCUT2D eigenvalue weighted by molar-refractivity contribution is -0.125. The normalized spacial score (nSPS) is 16.6. The molecule has 2 amide bonds. The zero-order chi connectivity index (χ0) is 24.6. The number of carbonyl (C=O) groups is 2. The van der Waals surface area contributed by atoms with E-state index >= 15 is 0 Å². The van der Waals surface area contributed by atoms with E-state index in [1.165, 1.54) is 18.5 Å². The van der Waals surface area contributed by atoms with Gasteiger partial charge in [0.05, 0.1) is 27.8 Å². The Hall–Kier alpha value is -3.14. The minimum atomic E-state index is -0.687. The predicted octanol–water partition coefficient (Wildman–Crippen LogP) is 2.75. The number of piperazine rings is 1. The molecule has 1 fully saturated rings. The summed E-state index contributed by atoms with van der Waals surface area (Å²) in [6, 6.07) is 6.43. The van der Waals surface area contributed by atoms with Gasteiger partial charge in [-0.1, -0.05) is 29.3 Å². The molecule has 34 heavy (non-hydrogen) atoms. The van der Waals surface area contributed by atoms with E-state index in [9.17, 15) is 9.59 Å². The third-order valence-electron chi connectivity index (χ3n) is 5.85. The van der Waals surface area contributed by atoms with Crippen LogP contribution in [0.25, 0.3) is 10.9 Å². The van der Waals surface area contributed by atoms with Crippen molar-refractivity contribution in [3.8, 4) is 0 Å². The molecule has 2 aromatic carbocycles. The third kappa shape index (κ3) is 4.86. The lowest BCUT2D eigenvalue weighted by atomic mass is 10.1. The molecule has 3 aromatic rings. The number of aromatic nitrogens is 2. The molecule has 0 spiro atoms. The largest absolute Gasteiger partial charge is 0.399 e. The van der Waals surface area contributed by atoms with Gasteiger partial charge in [0.25, 0.3) is 0 Å². The van der Waals surface area contributed by atoms with Gasteiger partial charge in [0.15, 0.2) is 0 Å². The van der Waals surface area contributed by atoms with Crippen LogP contribution in [-0.2, 0) is 9.59 Å². The van der Waals surface area contributed by atoms with Crippen molar-refractivity contribution >= 4 is 63.1 Å². The molecule has 2 heterocycles. The number of hydrogen-bond donors (Lipinski definition) is 3. The number of nitrogens with zero attached hydrogens (tertiary/aromatic N) is 4. The lowest BCUT2D eigenvalue weighted by Gasteiger charge is -2.40. The van der Waals surface area contributed by atoms with Gasteiger partial charge in [0.1, 0.15) is 18.2 Å². The van der Waals surface area contributed by atoms with E-state index in [2.05, 4.69) is 21.4 Å². The lowest BCUT2D eigenvalue weighted by Crippen LogP contribution is -2.59. The molecule has 11 heteroatoms. The second-order valence-corrected chi connectivity index (χ2v) is 9.23. The summed E-state index contributed by atoms with van der Waals surface area (Å²) < 4.78 is 0. The van der Waals surface area contributed by atoms with E-state index in [0.29, 0.717) is 25.3 Å². The van der Waals surface area contributed by atoms with Crippen LogP contribution in [0.1, 0.15) is 11.1 Å². The molecule has 1 unspecified atom stereocenters. The van der Waals surface area contributed by atoms with Crippen LogP contribution in [0, 0.1) is 13.8 Å². The molecule has 1 saturated heterocycles. The van der Waals surface area contributed by atoms with Crippen molar-refractivity contribution in [1.82, 2.24) is 14.9 Å². The molecule has 0 bridgehead atoms. The molecule has 0 saturated carbocycles. The molecular formula is C23H25Cl2N7O2. The second-order valence-electron chi connectivity index (χ2n) is 8.42. The summed E-state index contributed by atoms with van der Waals surface area (Å²) >= 11 is 12.3. The number of primary amides is 1. The molecule has 1 atom stereocenters. The number of hydrogen-bond acceptors (Lipinski definition) is 7. The van der Waals surface area contributed by atoms with Gasteiger partial charge in [-0.25, -0.2) is 9.97 Å². The number of anilines is 3. The number of nitrogens with two attached hydrogens (primary N) is 2. The molecule has 178 valence electrons. The van der Waals surface area contributed by atoms with Crippen molar-refractivity contribution in [2.75, 3.05) is 42.1 Å². The maximum absolute atomic E-state index is 12.8. The first-order chi connectivity index (χ1) is 16.1. The Morgan fingerprint density at radius 1 is 1.12 bits per heavy atom. The summed E-state index contributed by atoms with van der Waals surface area (Å²) in [4.78, 5) is 37.8. The van der Waals surface area contributed by atoms with Crippen molar-refractivity contribution in [2.24, 2.45) is 5.73 Å². The smallest absolute Gasteiger partial charge is 0.238 e. The van der Waals surface area contributed by atoms with E-state index in [4.69, 9.17) is 34.7 Å². The predicted molar refractivity (Wildman–Crippen MR) is 135 cm³/mol. The van der Waals surface area contributed by atoms with Crippen LogP contribution in [0.2, 0.25) is 10.0 Å². The number of aryl methyl sites for hydroxylation is 2. The highest BCUT2D eigenvalue weighted by molar-refractivity contribution is 6.40. The SMILES string of the molecule is Cc1cc(C)c2ncnc(N3CCN(CC(=O)Nc4c(Cl)cc(N)cc4Cl)C(C(N)=O)C3)c2c1. The van der Waals surface area contributed by atoms with Gasteiger partial charge < -0.3 is 21.7 Å². The molecule has 1 aliphatic rings. The first-order valence-electron chi connectivity index (χ1n) is 10.7. The Kier molecular flexibility index (Phi) is 6.79. The van der Waals surface area contributed by atoms with Crippen LogP contribution < -0.4 is 21.7 Å². The number of carbonyl (C=O) groups excluding carboxylic acids is 2. The van der Waals surface area contributed by atoms with E-state index in [1.807, 2.05) is 24.8 Å². The number of nitrogens with one attached hydrogen (secondary N) is 1. The summed E-state index contributed by atoms with van der Waals surface area (Å²) in [6.07, 6.45) is 1.53. The minimum absolute atomic E-state index is 0.0543. The maximum Gasteiger partial charge on any atom is 0.238 e. The molecule has 0 aliphatic carbocycles. The Labute approximate surface area is 207 Å². The van der Waals surface area contributed by atoms with Gasteiger partial charge in [-0.05, 0) is 43.2 Å². The number of fused-ring (bicyclic) bond motifs is 1. The van der Waals surface area contributed by atoms with Crippen molar-refractivity contribution in [3.63, 3.8) is 0 Å². The molecular weight excluding hydrogens is 477 g/mol. The zero-order valence-corrected chi connectivity index (χ0v) is 20.3. The van der Waals surface area contributed by atoms with E-state index in [0.717, 1.165) is 27.8 Å². The zero-order valence-electron chi connectivity index (χ0n) is 18.8. The standard InChI is InChI=1S/C23H25Cl2N7O2/c1-12-5-13(2)20-15(6-12)23(29-11-28-20)32-4-3-31(18(9-32)22(27)34)10-19(33)30-21-16(24)7-14(26)8-17(21)25/h5-8,11,18H,3-4,9-10,26H2,1-2H3,(H2,27,34)(H,30,33). The van der Waals surface area contributed by atoms with Gasteiger partial charge in [-0.2, -0.15) is 0 Å². The van der Waals surface area contributed by atoms with Crippen LogP contribution in [0.4, 0.5) is 17.2 Å². The maximum atomic E-state index is 12.8. The Bertz CT molecular complexity index is 1260. The Morgan fingerprint density at radius 2 is 1.82 bits per heavy atom. The Balaban J connectivity index is 1.53. The first-order valence-corrected chi connectivity index (χ1v) is 11.4. The van der Waals surface area contributed by atoms with E-state index < -0.39 is 11.9 Å². The first kappa shape index (κ1) is 24.0. The Morgan fingerprint density at radius 3 is 2.50 bits per heavy atom. The van der Waals surface area contributed by atoms with Crippen molar-refractivity contribution in [3.05, 3.63) is 51.8 Å². The number of benzene rings is 2. The van der Waals surface area contributed by atoms with Crippen LogP contribution >= 0.6 is 23.2 Å². The van der Waals surface area contributed by atoms with Crippen LogP contribution in [0.5, 0.6) is 0 Å². The van der Waals surface area contributed by atoms with Crippen LogP contribution in [-0.4, -0.2) is 58.9 Å². The quantitative estimate of drug-likeness (QED) is 0.458. The molecule has 0 radical (unpaired) electrons. The fraction of sp³-hybridized carbons (Fsp3) is 0.304. The van der Waals surface area contributed by atoms with E-state index in [-0.39, 0.29) is 28.2 Å². The highest BCUT2D eigenvalue weighted by atomic mass is 35.5. The summed E-state index contributed by atoms with van der Waals surface area (Å²) in [5, 5.41) is 4.09. The number of nitrogen functional groups attached to an aromatic ring is 1. The molecule has 1 aromatic heterocycles. The second kappa shape index (κ2) is 9.61. The average Bonchev–Trinajstić information content (AvgIpc) is 2.76. The summed E-state index contributed by atoms with van der Waals surface area (Å²) in [5.41, 5.74) is 15.1. The molecule has 9 nitrogen and oxygen atoms in total. The van der Waals surface area contributed by atoms with Crippen molar-refractivity contribution in [1.29, 1.82) is 0 Å². The summed E-state index contributed by atoms with van der Waals surface area (Å²) in [7, 11) is 0. The van der Waals surface area contributed by atoms with Gasteiger partial charge in [0.2, 0.25) is 11.8 Å². The fourth-order valence-corrected chi connectivity index (χ4v) is 4.91. The molecule has 1 aliphatic heterocycles. The minimum Gasteiger partial charge on any atom is -0.399 e. The van der Waals surface area contributed by atoms with Crippen molar-refractivity contribution < 1.29 is 9.59 Å². The van der Waals surface area contributed by atoms with Gasteiger partial charge in [0, 0.05) is 30.7 Å². The monoisotopic (exact) mass is 501 g/mol. The average molecular weight is 502 g/mol. The topological polar surface area (TPSA) is 130 Å². The summed E-state index contributed by atoms with van der Waals surface area (Å²) in [5.74, 6) is -0.147. The van der Waals surface area contributed by atoms with Gasteiger partial charge in [-0.15, -0.1) is 0 Å². The number of rotatable bonds is 5. The van der Waals surface area contributed by atoms with Gasteiger partial charge >= 0.3 is 0 Å². The van der Waals surface area contributed by atoms with Crippen molar-refractivity contribution in [2.45, 2.75) is 19.9 Å². The van der Waals surface area contributed by atoms with Crippen LogP contribution in [0.3, 0.4) is 0 Å². The van der Waals surface area contributed by atoms with Gasteiger partial charge in [-0.3, -0.25) is 14.5 Å². The number of amides is 2. The molecule has 5 N–H and O–H groups in total. The fourth-order valence-electron chi connectivity index (χ4n) is 4.31. The summed E-state index contributed by atoms with van der Waals surface area (Å²) in [6.45, 7) is 5.26. The highest BCUT2D eigenvalue weighted by Crippen LogP contribution is 2.33. The molecule has 4 rings (SSSR count). The highest BCUT2D eigenvalue weighted by Gasteiger charge is 2.33. The van der Waals surface area contributed by atoms with E-state index in [1.54, 1.807) is 4.90 Å². The third-order valence-corrected chi connectivity index (χ3v) is 6.44. The van der Waals surface area contributed by atoms with Crippen LogP contribution in [0.15, 0.2) is 30.6 Å². The number of halogens is 2.